The van der Waals surface area contributed by atoms with Gasteiger partial charge < -0.3 is 15.0 Å². The number of hydrogen-bond donors (Lipinski definition) is 2. The number of halogens is 2. The van der Waals surface area contributed by atoms with Crippen LogP contribution in [0.1, 0.15) is 25.5 Å². The number of pyridine rings is 1. The molecule has 2 N–H and O–H groups in total. The van der Waals surface area contributed by atoms with Crippen LogP contribution in [0, 0.1) is 5.92 Å². The van der Waals surface area contributed by atoms with Crippen molar-refractivity contribution in [1.82, 2.24) is 20.0 Å². The zero-order valence-corrected chi connectivity index (χ0v) is 16.5. The van der Waals surface area contributed by atoms with Crippen LogP contribution in [0.5, 0.6) is 0 Å². The second kappa shape index (κ2) is 8.14. The van der Waals surface area contributed by atoms with Gasteiger partial charge >= 0.3 is 0 Å². The standard InChI is InChI=1S/C15H20BrN5.HI/c1-2-17-15(18-7-11-3-4-11)19-8-13-10-21-9-12(16)5-6-14(21)20-13;/h5-6,9-11H,2-4,7-8H2,1H3,(H2,17,18,19);1H. The maximum absolute atomic E-state index is 4.61. The van der Waals surface area contributed by atoms with E-state index in [4.69, 9.17) is 0 Å². The average molecular weight is 478 g/mol. The first-order valence-electron chi connectivity index (χ1n) is 7.40. The first-order chi connectivity index (χ1) is 10.2. The van der Waals surface area contributed by atoms with E-state index in [-0.39, 0.29) is 24.0 Å². The van der Waals surface area contributed by atoms with Crippen LogP contribution < -0.4 is 10.6 Å². The minimum Gasteiger partial charge on any atom is -0.357 e. The van der Waals surface area contributed by atoms with Crippen LogP contribution in [0.2, 0.25) is 0 Å². The first-order valence-corrected chi connectivity index (χ1v) is 8.19. The second-order valence-electron chi connectivity index (χ2n) is 5.36. The maximum atomic E-state index is 4.61. The average Bonchev–Trinajstić information content (AvgIpc) is 3.21. The molecule has 0 spiro atoms. The molecule has 120 valence electrons. The molecule has 0 amide bonds. The summed E-state index contributed by atoms with van der Waals surface area (Å²) < 4.78 is 3.06. The number of rotatable bonds is 5. The molecule has 1 fully saturated rings. The Kier molecular flexibility index (Phi) is 6.49. The molecule has 0 aromatic carbocycles. The molecule has 0 saturated heterocycles. The normalized spacial score (nSPS) is 14.7. The van der Waals surface area contributed by atoms with E-state index in [1.165, 1.54) is 12.8 Å². The van der Waals surface area contributed by atoms with Crippen LogP contribution in [0.15, 0.2) is 34.0 Å². The fourth-order valence-electron chi connectivity index (χ4n) is 2.16. The molecular weight excluding hydrogens is 457 g/mol. The zero-order chi connectivity index (χ0) is 14.7. The smallest absolute Gasteiger partial charge is 0.191 e. The summed E-state index contributed by atoms with van der Waals surface area (Å²) in [6, 6.07) is 3.99. The summed E-state index contributed by atoms with van der Waals surface area (Å²) in [7, 11) is 0. The largest absolute Gasteiger partial charge is 0.357 e. The summed E-state index contributed by atoms with van der Waals surface area (Å²) in [5, 5.41) is 6.67. The molecule has 0 aliphatic heterocycles. The van der Waals surface area contributed by atoms with Crippen molar-refractivity contribution in [1.29, 1.82) is 0 Å². The summed E-state index contributed by atoms with van der Waals surface area (Å²) in [4.78, 5) is 9.18. The number of nitrogens with zero attached hydrogens (tertiary/aromatic N) is 3. The summed E-state index contributed by atoms with van der Waals surface area (Å²) in [5.74, 6) is 1.71. The van der Waals surface area contributed by atoms with E-state index in [1.807, 2.05) is 28.9 Å². The highest BCUT2D eigenvalue weighted by Crippen LogP contribution is 2.27. The van der Waals surface area contributed by atoms with E-state index in [0.29, 0.717) is 6.54 Å². The van der Waals surface area contributed by atoms with Crippen LogP contribution in [-0.2, 0) is 6.54 Å². The van der Waals surface area contributed by atoms with Crippen molar-refractivity contribution in [3.63, 3.8) is 0 Å². The van der Waals surface area contributed by atoms with Gasteiger partial charge in [0.25, 0.3) is 0 Å². The molecule has 5 nitrogen and oxygen atoms in total. The molecule has 0 unspecified atom stereocenters. The monoisotopic (exact) mass is 477 g/mol. The Morgan fingerprint density at radius 2 is 2.18 bits per heavy atom. The van der Waals surface area contributed by atoms with Gasteiger partial charge in [0.05, 0.1) is 12.2 Å². The first kappa shape index (κ1) is 17.5. The summed E-state index contributed by atoms with van der Waals surface area (Å²) in [6.45, 7) is 4.55. The quantitative estimate of drug-likeness (QED) is 0.395. The van der Waals surface area contributed by atoms with Crippen molar-refractivity contribution in [3.8, 4) is 0 Å². The van der Waals surface area contributed by atoms with Crippen molar-refractivity contribution < 1.29 is 0 Å². The minimum atomic E-state index is 0. The van der Waals surface area contributed by atoms with Crippen molar-refractivity contribution in [2.24, 2.45) is 10.9 Å². The Balaban J connectivity index is 0.00000176. The fourth-order valence-corrected chi connectivity index (χ4v) is 2.51. The molecule has 7 heteroatoms. The number of aromatic nitrogens is 2. The van der Waals surface area contributed by atoms with Gasteiger partial charge in [0.15, 0.2) is 5.96 Å². The van der Waals surface area contributed by atoms with E-state index in [0.717, 1.165) is 40.8 Å². The molecule has 2 aromatic heterocycles. The topological polar surface area (TPSA) is 53.7 Å². The molecule has 2 aromatic rings. The van der Waals surface area contributed by atoms with Gasteiger partial charge in [-0.3, -0.25) is 0 Å². The fraction of sp³-hybridized carbons (Fsp3) is 0.467. The third kappa shape index (κ3) is 4.84. The van der Waals surface area contributed by atoms with Crippen LogP contribution in [0.4, 0.5) is 0 Å². The van der Waals surface area contributed by atoms with E-state index in [9.17, 15) is 0 Å². The zero-order valence-electron chi connectivity index (χ0n) is 12.6. The van der Waals surface area contributed by atoms with Crippen molar-refractivity contribution in [3.05, 3.63) is 34.7 Å². The lowest BCUT2D eigenvalue weighted by atomic mass is 10.4. The number of hydrogen-bond acceptors (Lipinski definition) is 2. The molecule has 1 aliphatic rings. The number of fused-ring (bicyclic) bond motifs is 1. The molecular formula is C15H21BrIN5. The van der Waals surface area contributed by atoms with Gasteiger partial charge in [0.1, 0.15) is 5.65 Å². The van der Waals surface area contributed by atoms with Gasteiger partial charge in [-0.2, -0.15) is 0 Å². The van der Waals surface area contributed by atoms with Crippen LogP contribution in [0.25, 0.3) is 5.65 Å². The van der Waals surface area contributed by atoms with Gasteiger partial charge in [-0.25, -0.2) is 9.98 Å². The van der Waals surface area contributed by atoms with Gasteiger partial charge in [-0.15, -0.1) is 24.0 Å². The molecule has 0 atom stereocenters. The Morgan fingerprint density at radius 1 is 1.36 bits per heavy atom. The third-order valence-electron chi connectivity index (χ3n) is 3.46. The molecule has 1 saturated carbocycles. The summed E-state index contributed by atoms with van der Waals surface area (Å²) >= 11 is 3.47. The predicted octanol–water partition coefficient (Wildman–Crippen LogP) is 3.18. The Bertz CT molecular complexity index is 650. The number of guanidine groups is 1. The van der Waals surface area contributed by atoms with E-state index < -0.39 is 0 Å². The molecule has 2 heterocycles. The van der Waals surface area contributed by atoms with Gasteiger partial charge in [-0.1, -0.05) is 0 Å². The highest BCUT2D eigenvalue weighted by molar-refractivity contribution is 14.0. The lowest BCUT2D eigenvalue weighted by Crippen LogP contribution is -2.38. The van der Waals surface area contributed by atoms with Crippen molar-refractivity contribution in [2.75, 3.05) is 13.1 Å². The SMILES string of the molecule is CCNC(=NCc1cn2cc(Br)ccc2n1)NCC1CC1.I. The molecule has 0 radical (unpaired) electrons. The highest BCUT2D eigenvalue weighted by atomic mass is 127. The summed E-state index contributed by atoms with van der Waals surface area (Å²) in [6.07, 6.45) is 6.71. The molecule has 3 rings (SSSR count). The van der Waals surface area contributed by atoms with Crippen molar-refractivity contribution in [2.45, 2.75) is 26.3 Å². The van der Waals surface area contributed by atoms with E-state index in [2.05, 4.69) is 43.5 Å². The van der Waals surface area contributed by atoms with Crippen LogP contribution >= 0.6 is 39.9 Å². The lowest BCUT2D eigenvalue weighted by Gasteiger charge is -2.10. The van der Waals surface area contributed by atoms with Crippen molar-refractivity contribution >= 4 is 51.5 Å². The summed E-state index contributed by atoms with van der Waals surface area (Å²) in [5.41, 5.74) is 1.91. The third-order valence-corrected chi connectivity index (χ3v) is 3.93. The molecule has 22 heavy (non-hydrogen) atoms. The van der Waals surface area contributed by atoms with E-state index >= 15 is 0 Å². The molecule has 0 bridgehead atoms. The van der Waals surface area contributed by atoms with Gasteiger partial charge in [-0.05, 0) is 53.7 Å². The van der Waals surface area contributed by atoms with Gasteiger partial charge in [0.2, 0.25) is 0 Å². The lowest BCUT2D eigenvalue weighted by molar-refractivity contribution is 0.738. The Hall–Kier alpha value is -0.830. The highest BCUT2D eigenvalue weighted by Gasteiger charge is 2.21. The molecule has 1 aliphatic carbocycles. The predicted molar refractivity (Wildman–Crippen MR) is 104 cm³/mol. The Labute approximate surface area is 156 Å². The van der Waals surface area contributed by atoms with Crippen LogP contribution in [-0.4, -0.2) is 28.4 Å². The van der Waals surface area contributed by atoms with Crippen LogP contribution in [0.3, 0.4) is 0 Å². The number of nitrogens with one attached hydrogen (secondary N) is 2. The second-order valence-corrected chi connectivity index (χ2v) is 6.28. The number of imidazole rings is 1. The maximum Gasteiger partial charge on any atom is 0.191 e. The number of aliphatic imine (C=N–C) groups is 1. The Morgan fingerprint density at radius 3 is 2.91 bits per heavy atom. The minimum absolute atomic E-state index is 0. The van der Waals surface area contributed by atoms with Gasteiger partial charge in [0, 0.05) is 30.0 Å². The van der Waals surface area contributed by atoms with E-state index in [1.54, 1.807) is 0 Å².